The van der Waals surface area contributed by atoms with Crippen molar-refractivity contribution in [2.75, 3.05) is 5.73 Å². The van der Waals surface area contributed by atoms with E-state index in [1.165, 1.54) is 21.9 Å². The van der Waals surface area contributed by atoms with Crippen molar-refractivity contribution < 1.29 is 0 Å². The summed E-state index contributed by atoms with van der Waals surface area (Å²) in [6.07, 6.45) is 6.77. The lowest BCUT2D eigenvalue weighted by Crippen LogP contribution is -1.96. The van der Waals surface area contributed by atoms with Crippen molar-refractivity contribution in [3.8, 4) is 0 Å². The Morgan fingerprint density at radius 1 is 1.00 bits per heavy atom. The molecular weight excluding hydrogens is 182 g/mol. The molecule has 2 N–H and O–H groups in total. The molecule has 1 aliphatic rings. The molecule has 0 spiro atoms. The van der Waals surface area contributed by atoms with Crippen LogP contribution in [0.1, 0.15) is 17.5 Å². The molecule has 0 amide bonds. The van der Waals surface area contributed by atoms with E-state index >= 15 is 0 Å². The van der Waals surface area contributed by atoms with E-state index in [0.717, 1.165) is 18.5 Å². The highest BCUT2D eigenvalue weighted by Gasteiger charge is 2.08. The van der Waals surface area contributed by atoms with Crippen LogP contribution in [0.2, 0.25) is 0 Å². The number of anilines is 1. The van der Waals surface area contributed by atoms with Crippen LogP contribution in [-0.2, 0) is 6.42 Å². The molecule has 2 aromatic rings. The first-order valence-electron chi connectivity index (χ1n) is 5.33. The van der Waals surface area contributed by atoms with Gasteiger partial charge in [-0.2, -0.15) is 0 Å². The molecule has 0 unspecified atom stereocenters. The maximum absolute atomic E-state index is 5.97. The molecule has 0 radical (unpaired) electrons. The van der Waals surface area contributed by atoms with Crippen LogP contribution in [0.3, 0.4) is 0 Å². The van der Waals surface area contributed by atoms with Crippen molar-refractivity contribution in [2.24, 2.45) is 0 Å². The highest BCUT2D eigenvalue weighted by atomic mass is 14.5. The molecular formula is C14H13N. The fraction of sp³-hybridized carbons (Fsp3) is 0.143. The quantitative estimate of drug-likeness (QED) is 0.641. The molecule has 74 valence electrons. The van der Waals surface area contributed by atoms with Gasteiger partial charge in [-0.1, -0.05) is 36.4 Å². The third-order valence-corrected chi connectivity index (χ3v) is 3.09. The summed E-state index contributed by atoms with van der Waals surface area (Å²) in [5.74, 6) is 0. The van der Waals surface area contributed by atoms with E-state index in [4.69, 9.17) is 5.73 Å². The van der Waals surface area contributed by atoms with Gasteiger partial charge in [-0.05, 0) is 35.4 Å². The molecule has 0 bridgehead atoms. The molecule has 1 aliphatic carbocycles. The SMILES string of the molecule is Nc1cccc2c3c(ccc12)CCC=C3. The Morgan fingerprint density at radius 3 is 2.87 bits per heavy atom. The Bertz CT molecular complexity index is 553. The van der Waals surface area contributed by atoms with Crippen molar-refractivity contribution >= 4 is 22.5 Å². The number of fused-ring (bicyclic) bond motifs is 3. The number of nitrogens with two attached hydrogens (primary N) is 1. The monoisotopic (exact) mass is 195 g/mol. The maximum atomic E-state index is 5.97. The number of hydrogen-bond acceptors (Lipinski definition) is 1. The zero-order chi connectivity index (χ0) is 10.3. The van der Waals surface area contributed by atoms with Gasteiger partial charge in [0.05, 0.1) is 0 Å². The maximum Gasteiger partial charge on any atom is 0.0393 e. The average molecular weight is 195 g/mol. The van der Waals surface area contributed by atoms with Gasteiger partial charge in [-0.25, -0.2) is 0 Å². The zero-order valence-electron chi connectivity index (χ0n) is 8.53. The van der Waals surface area contributed by atoms with Gasteiger partial charge >= 0.3 is 0 Å². The fourth-order valence-electron chi connectivity index (χ4n) is 2.31. The molecule has 1 heteroatoms. The number of allylic oxidation sites excluding steroid dienone is 1. The van der Waals surface area contributed by atoms with Crippen LogP contribution in [-0.4, -0.2) is 0 Å². The number of hydrogen-bond donors (Lipinski definition) is 1. The second-order valence-corrected chi connectivity index (χ2v) is 4.02. The van der Waals surface area contributed by atoms with Gasteiger partial charge in [0.1, 0.15) is 0 Å². The smallest absolute Gasteiger partial charge is 0.0393 e. The Kier molecular flexibility index (Phi) is 1.78. The second kappa shape index (κ2) is 3.13. The molecule has 0 atom stereocenters. The van der Waals surface area contributed by atoms with E-state index in [2.05, 4.69) is 30.4 Å². The summed E-state index contributed by atoms with van der Waals surface area (Å²) in [6.45, 7) is 0. The molecule has 2 aromatic carbocycles. The predicted octanol–water partition coefficient (Wildman–Crippen LogP) is 3.38. The van der Waals surface area contributed by atoms with E-state index in [0.29, 0.717) is 0 Å². The van der Waals surface area contributed by atoms with E-state index in [-0.39, 0.29) is 0 Å². The minimum Gasteiger partial charge on any atom is -0.398 e. The first-order valence-corrected chi connectivity index (χ1v) is 5.33. The Labute approximate surface area is 89.2 Å². The Hall–Kier alpha value is -1.76. The third kappa shape index (κ3) is 1.23. The largest absolute Gasteiger partial charge is 0.398 e. The Morgan fingerprint density at radius 2 is 1.93 bits per heavy atom. The fourth-order valence-corrected chi connectivity index (χ4v) is 2.31. The lowest BCUT2D eigenvalue weighted by Gasteiger charge is -2.13. The molecule has 15 heavy (non-hydrogen) atoms. The molecule has 0 saturated carbocycles. The predicted molar refractivity (Wildman–Crippen MR) is 65.7 cm³/mol. The van der Waals surface area contributed by atoms with Crippen molar-refractivity contribution in [1.82, 2.24) is 0 Å². The molecule has 0 fully saturated rings. The first-order chi connectivity index (χ1) is 7.36. The number of rotatable bonds is 0. The second-order valence-electron chi connectivity index (χ2n) is 4.02. The topological polar surface area (TPSA) is 26.0 Å². The average Bonchev–Trinajstić information content (AvgIpc) is 2.29. The molecule has 0 saturated heterocycles. The van der Waals surface area contributed by atoms with E-state index in [1.807, 2.05) is 12.1 Å². The highest BCUT2D eigenvalue weighted by molar-refractivity contribution is 5.99. The van der Waals surface area contributed by atoms with Gasteiger partial charge in [-0.15, -0.1) is 0 Å². The van der Waals surface area contributed by atoms with Crippen molar-refractivity contribution in [1.29, 1.82) is 0 Å². The molecule has 0 heterocycles. The minimum atomic E-state index is 0.870. The summed E-state index contributed by atoms with van der Waals surface area (Å²) >= 11 is 0. The van der Waals surface area contributed by atoms with Gasteiger partial charge in [0.25, 0.3) is 0 Å². The van der Waals surface area contributed by atoms with Gasteiger partial charge in [0.2, 0.25) is 0 Å². The van der Waals surface area contributed by atoms with Gasteiger partial charge in [0.15, 0.2) is 0 Å². The van der Waals surface area contributed by atoms with E-state index < -0.39 is 0 Å². The number of benzene rings is 2. The molecule has 0 aliphatic heterocycles. The Balaban J connectivity index is 2.43. The molecule has 3 rings (SSSR count). The summed E-state index contributed by atoms with van der Waals surface area (Å²) < 4.78 is 0. The van der Waals surface area contributed by atoms with Crippen LogP contribution in [0.4, 0.5) is 5.69 Å². The summed E-state index contributed by atoms with van der Waals surface area (Å²) in [4.78, 5) is 0. The van der Waals surface area contributed by atoms with E-state index in [9.17, 15) is 0 Å². The van der Waals surface area contributed by atoms with Crippen LogP contribution in [0, 0.1) is 0 Å². The van der Waals surface area contributed by atoms with Gasteiger partial charge < -0.3 is 5.73 Å². The summed E-state index contributed by atoms with van der Waals surface area (Å²) in [7, 11) is 0. The van der Waals surface area contributed by atoms with Gasteiger partial charge in [0, 0.05) is 11.1 Å². The van der Waals surface area contributed by atoms with Crippen LogP contribution < -0.4 is 5.73 Å². The summed E-state index contributed by atoms with van der Waals surface area (Å²) in [6, 6.07) is 10.5. The standard InChI is InChI=1S/C14H13N/c15-14-7-3-6-12-11-5-2-1-4-10(11)8-9-13(12)14/h2-3,5-9H,1,4,15H2. The van der Waals surface area contributed by atoms with Crippen LogP contribution in [0.15, 0.2) is 36.4 Å². The molecule has 0 aromatic heterocycles. The lowest BCUT2D eigenvalue weighted by atomic mass is 9.92. The van der Waals surface area contributed by atoms with Crippen molar-refractivity contribution in [3.63, 3.8) is 0 Å². The van der Waals surface area contributed by atoms with Crippen molar-refractivity contribution in [3.05, 3.63) is 47.5 Å². The molecule has 1 nitrogen and oxygen atoms in total. The highest BCUT2D eigenvalue weighted by Crippen LogP contribution is 2.30. The van der Waals surface area contributed by atoms with Crippen LogP contribution >= 0.6 is 0 Å². The van der Waals surface area contributed by atoms with Crippen LogP contribution in [0.25, 0.3) is 16.8 Å². The summed E-state index contributed by atoms with van der Waals surface area (Å²) in [5, 5.41) is 2.45. The normalized spacial score (nSPS) is 14.1. The number of nitrogen functional groups attached to an aromatic ring is 1. The van der Waals surface area contributed by atoms with Crippen LogP contribution in [0.5, 0.6) is 0 Å². The third-order valence-electron chi connectivity index (χ3n) is 3.09. The minimum absolute atomic E-state index is 0.870. The first kappa shape index (κ1) is 8.54. The van der Waals surface area contributed by atoms with Gasteiger partial charge in [-0.3, -0.25) is 0 Å². The lowest BCUT2D eigenvalue weighted by molar-refractivity contribution is 0.990. The van der Waals surface area contributed by atoms with E-state index in [1.54, 1.807) is 0 Å². The summed E-state index contributed by atoms with van der Waals surface area (Å²) in [5.41, 5.74) is 9.63. The van der Waals surface area contributed by atoms with Crippen molar-refractivity contribution in [2.45, 2.75) is 12.8 Å². The zero-order valence-corrected chi connectivity index (χ0v) is 8.53. The number of aryl methyl sites for hydroxylation is 1.